The average Bonchev–Trinajstić information content (AvgIpc) is 2.13. The van der Waals surface area contributed by atoms with Gasteiger partial charge >= 0.3 is 0 Å². The van der Waals surface area contributed by atoms with Crippen molar-refractivity contribution in [2.24, 2.45) is 0 Å². The second kappa shape index (κ2) is 3.47. The molecular formula is C13H12. The van der Waals surface area contributed by atoms with Gasteiger partial charge in [-0.2, -0.15) is 0 Å². The molecule has 0 saturated heterocycles. The predicted molar refractivity (Wildman–Crippen MR) is 56.5 cm³/mol. The van der Waals surface area contributed by atoms with Gasteiger partial charge in [0, 0.05) is 0 Å². The van der Waals surface area contributed by atoms with E-state index in [4.69, 9.17) is 0 Å². The van der Waals surface area contributed by atoms with Gasteiger partial charge in [-0.1, -0.05) is 36.4 Å². The summed E-state index contributed by atoms with van der Waals surface area (Å²) in [4.78, 5) is 0. The number of benzene rings is 1. The fourth-order valence-electron chi connectivity index (χ4n) is 1.47. The van der Waals surface area contributed by atoms with Crippen LogP contribution < -0.4 is 0 Å². The van der Waals surface area contributed by atoms with Crippen LogP contribution in [0.1, 0.15) is 18.1 Å². The highest BCUT2D eigenvalue weighted by atomic mass is 14.0. The van der Waals surface area contributed by atoms with Crippen molar-refractivity contribution in [1.82, 2.24) is 0 Å². The molecule has 0 unspecified atom stereocenters. The Hall–Kier alpha value is -1.52. The second-order valence-electron chi connectivity index (χ2n) is 3.27. The van der Waals surface area contributed by atoms with E-state index in [1.807, 2.05) is 0 Å². The standard InChI is InChI=1S/C13H12/c1-11-5-4-8-12-6-2-3-7-13(12)10-9-11/h2-4,6-7,9-10H,8H2,1H3/b10-9-. The molecule has 2 rings (SSSR count). The zero-order valence-electron chi connectivity index (χ0n) is 7.75. The Kier molecular flexibility index (Phi) is 2.16. The summed E-state index contributed by atoms with van der Waals surface area (Å²) < 4.78 is 0. The molecule has 0 nitrogen and oxygen atoms in total. The maximum atomic E-state index is 3.23. The number of fused-ring (bicyclic) bond motifs is 1. The summed E-state index contributed by atoms with van der Waals surface area (Å²) in [6.45, 7) is 2.07. The van der Waals surface area contributed by atoms with Crippen molar-refractivity contribution in [1.29, 1.82) is 0 Å². The first-order chi connectivity index (χ1) is 6.36. The summed E-state index contributed by atoms with van der Waals surface area (Å²) in [5.41, 5.74) is 7.11. The van der Waals surface area contributed by atoms with E-state index in [0.29, 0.717) is 0 Å². The van der Waals surface area contributed by atoms with Crippen LogP contribution in [0.2, 0.25) is 0 Å². The van der Waals surface area contributed by atoms with Crippen LogP contribution in [0.15, 0.2) is 47.7 Å². The van der Waals surface area contributed by atoms with Crippen LogP contribution in [0.4, 0.5) is 0 Å². The van der Waals surface area contributed by atoms with Gasteiger partial charge in [0.15, 0.2) is 0 Å². The van der Waals surface area contributed by atoms with E-state index in [0.717, 1.165) is 6.42 Å². The van der Waals surface area contributed by atoms with Gasteiger partial charge in [-0.25, -0.2) is 0 Å². The van der Waals surface area contributed by atoms with E-state index >= 15 is 0 Å². The number of hydrogen-bond donors (Lipinski definition) is 0. The number of rotatable bonds is 0. The monoisotopic (exact) mass is 168 g/mol. The summed E-state index contributed by atoms with van der Waals surface area (Å²) >= 11 is 0. The molecule has 0 heteroatoms. The van der Waals surface area contributed by atoms with Crippen LogP contribution in [0.5, 0.6) is 0 Å². The van der Waals surface area contributed by atoms with Crippen molar-refractivity contribution < 1.29 is 0 Å². The van der Waals surface area contributed by atoms with E-state index in [-0.39, 0.29) is 0 Å². The van der Waals surface area contributed by atoms with E-state index < -0.39 is 0 Å². The summed E-state index contributed by atoms with van der Waals surface area (Å²) in [7, 11) is 0. The quantitative estimate of drug-likeness (QED) is 0.521. The van der Waals surface area contributed by atoms with Gasteiger partial charge in [-0.05, 0) is 36.1 Å². The lowest BCUT2D eigenvalue weighted by atomic mass is 10.0. The Balaban J connectivity index is 2.50. The van der Waals surface area contributed by atoms with Crippen LogP contribution in [-0.4, -0.2) is 0 Å². The molecule has 0 heterocycles. The number of hydrogen-bond acceptors (Lipinski definition) is 0. The van der Waals surface area contributed by atoms with Gasteiger partial charge in [0.2, 0.25) is 0 Å². The summed E-state index contributed by atoms with van der Waals surface area (Å²) in [6, 6.07) is 8.48. The third kappa shape index (κ3) is 1.80. The molecule has 64 valence electrons. The van der Waals surface area contributed by atoms with Crippen molar-refractivity contribution in [3.05, 3.63) is 58.8 Å². The van der Waals surface area contributed by atoms with Gasteiger partial charge in [-0.15, -0.1) is 5.73 Å². The maximum absolute atomic E-state index is 3.23. The summed E-state index contributed by atoms with van der Waals surface area (Å²) in [5, 5.41) is 0. The molecule has 0 radical (unpaired) electrons. The molecule has 1 aromatic rings. The van der Waals surface area contributed by atoms with Crippen LogP contribution in [0, 0.1) is 0 Å². The minimum Gasteiger partial charge on any atom is -0.122 e. The molecule has 0 saturated carbocycles. The topological polar surface area (TPSA) is 0 Å². The Labute approximate surface area is 78.9 Å². The minimum absolute atomic E-state index is 0.984. The molecule has 1 aliphatic rings. The van der Waals surface area contributed by atoms with Gasteiger partial charge in [0.25, 0.3) is 0 Å². The molecule has 1 aromatic carbocycles. The van der Waals surface area contributed by atoms with Crippen LogP contribution in [-0.2, 0) is 6.42 Å². The molecule has 0 N–H and O–H groups in total. The van der Waals surface area contributed by atoms with Gasteiger partial charge in [0.05, 0.1) is 0 Å². The van der Waals surface area contributed by atoms with E-state index in [9.17, 15) is 0 Å². The SMILES string of the molecule is CC1=C=CCc2ccccc2/C=C\1. The third-order valence-corrected chi connectivity index (χ3v) is 2.22. The largest absolute Gasteiger partial charge is 0.122 e. The molecule has 0 atom stereocenters. The van der Waals surface area contributed by atoms with Gasteiger partial charge < -0.3 is 0 Å². The van der Waals surface area contributed by atoms with Crippen LogP contribution >= 0.6 is 0 Å². The first-order valence-electron chi connectivity index (χ1n) is 4.54. The Morgan fingerprint density at radius 2 is 2.00 bits per heavy atom. The van der Waals surface area contributed by atoms with Gasteiger partial charge in [0.1, 0.15) is 0 Å². The second-order valence-corrected chi connectivity index (χ2v) is 3.27. The van der Waals surface area contributed by atoms with E-state index in [2.05, 4.69) is 55.1 Å². The van der Waals surface area contributed by atoms with Crippen LogP contribution in [0.25, 0.3) is 6.08 Å². The lowest BCUT2D eigenvalue weighted by Gasteiger charge is -2.03. The molecule has 1 aliphatic carbocycles. The van der Waals surface area contributed by atoms with Crippen molar-refractivity contribution >= 4 is 6.08 Å². The van der Waals surface area contributed by atoms with Crippen molar-refractivity contribution in [3.63, 3.8) is 0 Å². The first-order valence-corrected chi connectivity index (χ1v) is 4.54. The van der Waals surface area contributed by atoms with E-state index in [1.54, 1.807) is 0 Å². The molecule has 0 aromatic heterocycles. The normalized spacial score (nSPS) is 16.8. The molecular weight excluding hydrogens is 156 g/mol. The average molecular weight is 168 g/mol. The lowest BCUT2D eigenvalue weighted by molar-refractivity contribution is 1.25. The smallest absolute Gasteiger partial charge is 0.00152 e. The minimum atomic E-state index is 0.984. The first kappa shape index (κ1) is 8.10. The predicted octanol–water partition coefficient (Wildman–Crippen LogP) is 3.36. The maximum Gasteiger partial charge on any atom is -0.00152 e. The molecule has 0 bridgehead atoms. The zero-order chi connectivity index (χ0) is 9.10. The highest BCUT2D eigenvalue weighted by Crippen LogP contribution is 2.14. The molecule has 0 fully saturated rings. The highest BCUT2D eigenvalue weighted by Gasteiger charge is 1.97. The summed E-state index contributed by atoms with van der Waals surface area (Å²) in [6.07, 6.45) is 7.34. The molecule has 0 aliphatic heterocycles. The van der Waals surface area contributed by atoms with Gasteiger partial charge in [-0.3, -0.25) is 0 Å². The van der Waals surface area contributed by atoms with Crippen molar-refractivity contribution in [2.75, 3.05) is 0 Å². The fourth-order valence-corrected chi connectivity index (χ4v) is 1.47. The lowest BCUT2D eigenvalue weighted by Crippen LogP contribution is -1.87. The zero-order valence-corrected chi connectivity index (χ0v) is 7.75. The number of allylic oxidation sites excluding steroid dienone is 2. The van der Waals surface area contributed by atoms with Crippen molar-refractivity contribution in [3.8, 4) is 0 Å². The van der Waals surface area contributed by atoms with E-state index in [1.165, 1.54) is 16.7 Å². The molecule has 13 heavy (non-hydrogen) atoms. The fraction of sp³-hybridized carbons (Fsp3) is 0.154. The van der Waals surface area contributed by atoms with Crippen molar-refractivity contribution in [2.45, 2.75) is 13.3 Å². The van der Waals surface area contributed by atoms with Crippen LogP contribution in [0.3, 0.4) is 0 Å². The Morgan fingerprint density at radius 1 is 1.15 bits per heavy atom. The third-order valence-electron chi connectivity index (χ3n) is 2.22. The Bertz CT molecular complexity index is 402. The summed E-state index contributed by atoms with van der Waals surface area (Å²) in [5.74, 6) is 0. The molecule has 0 spiro atoms. The molecule has 0 amide bonds. The highest BCUT2D eigenvalue weighted by molar-refractivity contribution is 5.57. The Morgan fingerprint density at radius 3 is 2.92 bits per heavy atom.